The van der Waals surface area contributed by atoms with Crippen LogP contribution in [0.5, 0.6) is 0 Å². The van der Waals surface area contributed by atoms with Crippen molar-refractivity contribution in [2.45, 2.75) is 13.0 Å². The van der Waals surface area contributed by atoms with Crippen LogP contribution in [-0.4, -0.2) is 20.5 Å². The van der Waals surface area contributed by atoms with E-state index >= 15 is 0 Å². The molecule has 0 amide bonds. The SMILES string of the molecule is Cc1cccc(C2C3=C(Nc4ncnn42)c2ccccc2C3=O)c1. The van der Waals surface area contributed by atoms with Crippen molar-refractivity contribution in [1.29, 1.82) is 0 Å². The maximum atomic E-state index is 13.1. The van der Waals surface area contributed by atoms with Crippen LogP contribution in [0, 0.1) is 6.92 Å². The zero-order valence-electron chi connectivity index (χ0n) is 13.0. The smallest absolute Gasteiger partial charge is 0.226 e. The number of allylic oxidation sites excluding steroid dienone is 1. The Balaban J connectivity index is 1.78. The monoisotopic (exact) mass is 314 g/mol. The molecule has 2 aromatic carbocycles. The van der Waals surface area contributed by atoms with Crippen molar-refractivity contribution in [3.05, 3.63) is 82.7 Å². The van der Waals surface area contributed by atoms with Gasteiger partial charge in [-0.05, 0) is 12.5 Å². The maximum absolute atomic E-state index is 13.1. The molecule has 1 aromatic heterocycles. The van der Waals surface area contributed by atoms with Gasteiger partial charge in [0.2, 0.25) is 5.95 Å². The number of hydrogen-bond acceptors (Lipinski definition) is 4. The number of Topliss-reactive ketones (excluding diaryl/α,β-unsaturated/α-hetero) is 1. The Labute approximate surface area is 138 Å². The number of fused-ring (bicyclic) bond motifs is 3. The topological polar surface area (TPSA) is 59.8 Å². The van der Waals surface area contributed by atoms with E-state index in [9.17, 15) is 4.79 Å². The van der Waals surface area contributed by atoms with Crippen LogP contribution in [-0.2, 0) is 0 Å². The molecule has 3 aromatic rings. The van der Waals surface area contributed by atoms with Gasteiger partial charge < -0.3 is 5.32 Å². The molecule has 1 N–H and O–H groups in total. The molecule has 1 aliphatic carbocycles. The van der Waals surface area contributed by atoms with Gasteiger partial charge in [-0.1, -0.05) is 54.1 Å². The third-order valence-electron chi connectivity index (χ3n) is 4.64. The van der Waals surface area contributed by atoms with Crippen molar-refractivity contribution in [3.8, 4) is 0 Å². The first kappa shape index (κ1) is 13.2. The zero-order chi connectivity index (χ0) is 16.3. The average molecular weight is 314 g/mol. The van der Waals surface area contributed by atoms with Crippen LogP contribution in [0.25, 0.3) is 5.70 Å². The Morgan fingerprint density at radius 2 is 1.92 bits per heavy atom. The number of anilines is 1. The fraction of sp³-hybridized carbons (Fsp3) is 0.105. The second-order valence-corrected chi connectivity index (χ2v) is 6.13. The molecule has 0 fully saturated rings. The summed E-state index contributed by atoms with van der Waals surface area (Å²) in [5, 5.41) is 7.65. The van der Waals surface area contributed by atoms with Gasteiger partial charge in [0, 0.05) is 11.1 Å². The summed E-state index contributed by atoms with van der Waals surface area (Å²) in [6.07, 6.45) is 1.52. The van der Waals surface area contributed by atoms with Crippen molar-refractivity contribution in [2.75, 3.05) is 5.32 Å². The van der Waals surface area contributed by atoms with Crippen LogP contribution in [0.3, 0.4) is 0 Å². The fourth-order valence-electron chi connectivity index (χ4n) is 3.61. The number of aryl methyl sites for hydroxylation is 1. The first-order valence-electron chi connectivity index (χ1n) is 7.85. The molecule has 1 aliphatic heterocycles. The molecule has 0 spiro atoms. The summed E-state index contributed by atoms with van der Waals surface area (Å²) >= 11 is 0. The lowest BCUT2D eigenvalue weighted by molar-refractivity contribution is 0.102. The number of carbonyl (C=O) groups excluding carboxylic acids is 1. The highest BCUT2D eigenvalue weighted by Gasteiger charge is 2.40. The Morgan fingerprint density at radius 3 is 2.75 bits per heavy atom. The maximum Gasteiger partial charge on any atom is 0.226 e. The van der Waals surface area contributed by atoms with Crippen molar-refractivity contribution in [3.63, 3.8) is 0 Å². The molecular formula is C19H14N4O. The lowest BCUT2D eigenvalue weighted by Gasteiger charge is -2.26. The Kier molecular flexibility index (Phi) is 2.56. The second-order valence-electron chi connectivity index (χ2n) is 6.13. The predicted octanol–water partition coefficient (Wildman–Crippen LogP) is 3.21. The summed E-state index contributed by atoms with van der Waals surface area (Å²) in [4.78, 5) is 17.4. The summed E-state index contributed by atoms with van der Waals surface area (Å²) in [5.74, 6) is 0.713. The minimum absolute atomic E-state index is 0.0563. The van der Waals surface area contributed by atoms with Gasteiger partial charge in [-0.3, -0.25) is 4.79 Å². The number of carbonyl (C=O) groups is 1. The zero-order valence-corrected chi connectivity index (χ0v) is 13.0. The molecule has 5 nitrogen and oxygen atoms in total. The standard InChI is InChI=1S/C19H14N4O/c1-11-5-4-6-12(9-11)17-15-16(22-19-20-10-21-23(17)19)13-7-2-3-8-14(13)18(15)24/h2-10,17H,1H3,(H,20,21,22). The third-order valence-corrected chi connectivity index (χ3v) is 4.64. The van der Waals surface area contributed by atoms with Gasteiger partial charge in [0.05, 0.1) is 11.3 Å². The Bertz CT molecular complexity index is 1030. The Morgan fingerprint density at radius 1 is 1.08 bits per heavy atom. The van der Waals surface area contributed by atoms with Crippen LogP contribution in [0.15, 0.2) is 60.4 Å². The second kappa shape index (κ2) is 4.64. The molecule has 24 heavy (non-hydrogen) atoms. The normalized spacial score (nSPS) is 18.0. The molecule has 1 unspecified atom stereocenters. The van der Waals surface area contributed by atoms with Crippen LogP contribution >= 0.6 is 0 Å². The van der Waals surface area contributed by atoms with Gasteiger partial charge >= 0.3 is 0 Å². The summed E-state index contributed by atoms with van der Waals surface area (Å²) < 4.78 is 1.79. The number of benzene rings is 2. The predicted molar refractivity (Wildman–Crippen MR) is 90.7 cm³/mol. The van der Waals surface area contributed by atoms with Crippen molar-refractivity contribution < 1.29 is 4.79 Å². The van der Waals surface area contributed by atoms with Crippen LogP contribution in [0.1, 0.15) is 33.1 Å². The lowest BCUT2D eigenvalue weighted by Crippen LogP contribution is -2.25. The van der Waals surface area contributed by atoms with Crippen LogP contribution in [0.4, 0.5) is 5.95 Å². The first-order valence-corrected chi connectivity index (χ1v) is 7.85. The molecular weight excluding hydrogens is 300 g/mol. The Hall–Kier alpha value is -3.21. The van der Waals surface area contributed by atoms with E-state index in [2.05, 4.69) is 21.5 Å². The molecule has 1 atom stereocenters. The molecule has 2 aliphatic rings. The molecule has 0 saturated carbocycles. The minimum Gasteiger partial charge on any atom is -0.323 e. The van der Waals surface area contributed by atoms with E-state index in [0.717, 1.165) is 33.5 Å². The van der Waals surface area contributed by atoms with Gasteiger partial charge in [-0.2, -0.15) is 10.1 Å². The number of hydrogen-bond donors (Lipinski definition) is 1. The highest BCUT2D eigenvalue weighted by Crippen LogP contribution is 2.44. The molecule has 5 rings (SSSR count). The van der Waals surface area contributed by atoms with Gasteiger partial charge in [0.25, 0.3) is 0 Å². The minimum atomic E-state index is -0.265. The molecule has 116 valence electrons. The highest BCUT2D eigenvalue weighted by molar-refractivity contribution is 6.23. The van der Waals surface area contributed by atoms with Crippen LogP contribution in [0.2, 0.25) is 0 Å². The highest BCUT2D eigenvalue weighted by atomic mass is 16.1. The first-order chi connectivity index (χ1) is 11.7. The fourth-order valence-corrected chi connectivity index (χ4v) is 3.61. The van der Waals surface area contributed by atoms with Gasteiger partial charge in [-0.15, -0.1) is 0 Å². The van der Waals surface area contributed by atoms with E-state index in [1.807, 2.05) is 49.4 Å². The van der Waals surface area contributed by atoms with E-state index in [1.54, 1.807) is 4.68 Å². The van der Waals surface area contributed by atoms with E-state index in [1.165, 1.54) is 6.33 Å². The van der Waals surface area contributed by atoms with Crippen LogP contribution < -0.4 is 5.32 Å². The number of rotatable bonds is 1. The van der Waals surface area contributed by atoms with Gasteiger partial charge in [0.15, 0.2) is 5.78 Å². The van der Waals surface area contributed by atoms with Crippen molar-refractivity contribution in [2.24, 2.45) is 0 Å². The molecule has 2 heterocycles. The average Bonchev–Trinajstić information content (AvgIpc) is 3.17. The number of ketones is 1. The van der Waals surface area contributed by atoms with Crippen molar-refractivity contribution in [1.82, 2.24) is 14.8 Å². The largest absolute Gasteiger partial charge is 0.323 e. The quantitative estimate of drug-likeness (QED) is 0.749. The summed E-state index contributed by atoms with van der Waals surface area (Å²) in [7, 11) is 0. The molecule has 0 bridgehead atoms. The van der Waals surface area contributed by atoms with E-state index < -0.39 is 0 Å². The summed E-state index contributed by atoms with van der Waals surface area (Å²) in [5.41, 5.74) is 5.44. The lowest BCUT2D eigenvalue weighted by atomic mass is 9.93. The van der Waals surface area contributed by atoms with Gasteiger partial charge in [0.1, 0.15) is 12.4 Å². The molecule has 0 saturated heterocycles. The number of nitrogens with zero attached hydrogens (tertiary/aromatic N) is 3. The number of aromatic nitrogens is 3. The van der Waals surface area contributed by atoms with Crippen molar-refractivity contribution >= 4 is 17.4 Å². The van der Waals surface area contributed by atoms with E-state index in [0.29, 0.717) is 5.95 Å². The molecule has 5 heteroatoms. The third kappa shape index (κ3) is 1.66. The summed E-state index contributed by atoms with van der Waals surface area (Å²) in [6, 6.07) is 15.6. The number of nitrogens with one attached hydrogen (secondary N) is 1. The van der Waals surface area contributed by atoms with Gasteiger partial charge in [-0.25, -0.2) is 4.68 Å². The van der Waals surface area contributed by atoms with E-state index in [-0.39, 0.29) is 11.8 Å². The molecule has 0 radical (unpaired) electrons. The summed E-state index contributed by atoms with van der Waals surface area (Å²) in [6.45, 7) is 2.05. The van der Waals surface area contributed by atoms with E-state index in [4.69, 9.17) is 0 Å².